The Hall–Kier alpha value is -1.50. The molecule has 1 atom stereocenters. The molecule has 1 unspecified atom stereocenters. The molecule has 1 saturated heterocycles. The fraction of sp³-hybridized carbons (Fsp3) is 0.500. The first kappa shape index (κ1) is 15.9. The van der Waals surface area contributed by atoms with Crippen molar-refractivity contribution in [2.75, 3.05) is 33.9 Å². The standard InChI is InChI=1S/C14H19ClN2O4/c1-19-11-6-10(15)5-9(13(11)20-2)7-17-3-4-21-12(8-17)14(16)18/h5-6,12H,3-4,7-8H2,1-2H3,(H2,16,18). The number of benzene rings is 1. The van der Waals surface area contributed by atoms with Gasteiger partial charge in [0.15, 0.2) is 11.5 Å². The molecule has 2 rings (SSSR count). The summed E-state index contributed by atoms with van der Waals surface area (Å²) in [5.41, 5.74) is 6.19. The second kappa shape index (κ2) is 6.98. The number of carbonyl (C=O) groups is 1. The minimum Gasteiger partial charge on any atom is -0.493 e. The molecule has 116 valence electrons. The summed E-state index contributed by atoms with van der Waals surface area (Å²) in [5.74, 6) is 0.777. The van der Waals surface area contributed by atoms with E-state index in [-0.39, 0.29) is 0 Å². The maximum Gasteiger partial charge on any atom is 0.247 e. The molecule has 7 heteroatoms. The van der Waals surface area contributed by atoms with E-state index in [0.717, 1.165) is 5.56 Å². The monoisotopic (exact) mass is 314 g/mol. The molecule has 1 amide bonds. The van der Waals surface area contributed by atoms with Gasteiger partial charge in [0.2, 0.25) is 5.91 Å². The Balaban J connectivity index is 2.18. The number of rotatable bonds is 5. The molecule has 1 heterocycles. The van der Waals surface area contributed by atoms with Crippen molar-refractivity contribution in [3.63, 3.8) is 0 Å². The van der Waals surface area contributed by atoms with Gasteiger partial charge in [-0.25, -0.2) is 0 Å². The zero-order valence-corrected chi connectivity index (χ0v) is 12.9. The first-order valence-electron chi connectivity index (χ1n) is 6.58. The molecule has 6 nitrogen and oxygen atoms in total. The maximum absolute atomic E-state index is 11.2. The van der Waals surface area contributed by atoms with Gasteiger partial charge in [-0.2, -0.15) is 0 Å². The van der Waals surface area contributed by atoms with Gasteiger partial charge in [-0.3, -0.25) is 9.69 Å². The van der Waals surface area contributed by atoms with Gasteiger partial charge in [-0.05, 0) is 6.07 Å². The number of hydrogen-bond acceptors (Lipinski definition) is 5. The summed E-state index contributed by atoms with van der Waals surface area (Å²) >= 11 is 6.10. The highest BCUT2D eigenvalue weighted by Gasteiger charge is 2.25. The van der Waals surface area contributed by atoms with Crippen LogP contribution in [0.5, 0.6) is 11.5 Å². The molecule has 1 aromatic rings. The van der Waals surface area contributed by atoms with Gasteiger partial charge in [0.1, 0.15) is 6.10 Å². The van der Waals surface area contributed by atoms with E-state index in [9.17, 15) is 4.79 Å². The van der Waals surface area contributed by atoms with Crippen LogP contribution >= 0.6 is 11.6 Å². The zero-order chi connectivity index (χ0) is 15.4. The Morgan fingerprint density at radius 3 is 2.86 bits per heavy atom. The summed E-state index contributed by atoms with van der Waals surface area (Å²) in [6, 6.07) is 3.53. The zero-order valence-electron chi connectivity index (χ0n) is 12.1. The largest absolute Gasteiger partial charge is 0.493 e. The minimum absolute atomic E-state index is 0.449. The Morgan fingerprint density at radius 2 is 2.24 bits per heavy atom. The first-order chi connectivity index (χ1) is 10.0. The van der Waals surface area contributed by atoms with Gasteiger partial charge in [0.05, 0.1) is 20.8 Å². The Morgan fingerprint density at radius 1 is 1.48 bits per heavy atom. The number of halogens is 1. The lowest BCUT2D eigenvalue weighted by atomic mass is 10.1. The summed E-state index contributed by atoms with van der Waals surface area (Å²) in [4.78, 5) is 13.3. The quantitative estimate of drug-likeness (QED) is 0.879. The lowest BCUT2D eigenvalue weighted by Crippen LogP contribution is -2.47. The summed E-state index contributed by atoms with van der Waals surface area (Å²) < 4.78 is 16.0. The highest BCUT2D eigenvalue weighted by Crippen LogP contribution is 2.35. The average molecular weight is 315 g/mol. The molecule has 21 heavy (non-hydrogen) atoms. The van der Waals surface area contributed by atoms with Gasteiger partial charge in [-0.15, -0.1) is 0 Å². The van der Waals surface area contributed by atoms with E-state index in [1.54, 1.807) is 20.3 Å². The van der Waals surface area contributed by atoms with Crippen LogP contribution in [0.1, 0.15) is 5.56 Å². The van der Waals surface area contributed by atoms with Crippen LogP contribution in [-0.4, -0.2) is 50.8 Å². The number of methoxy groups -OCH3 is 2. The number of ether oxygens (including phenoxy) is 3. The predicted octanol–water partition coefficient (Wildman–Crippen LogP) is 1.04. The Kier molecular flexibility index (Phi) is 5.27. The van der Waals surface area contributed by atoms with Gasteiger partial charge in [0.25, 0.3) is 0 Å². The van der Waals surface area contributed by atoms with Gasteiger partial charge >= 0.3 is 0 Å². The number of carbonyl (C=O) groups excluding carboxylic acids is 1. The smallest absolute Gasteiger partial charge is 0.247 e. The minimum atomic E-state index is -0.578. The molecular formula is C14H19ClN2O4. The Labute approximate surface area is 128 Å². The second-order valence-electron chi connectivity index (χ2n) is 4.80. The van der Waals surface area contributed by atoms with E-state index in [4.69, 9.17) is 31.5 Å². The van der Waals surface area contributed by atoms with Crippen molar-refractivity contribution < 1.29 is 19.0 Å². The number of nitrogens with zero attached hydrogens (tertiary/aromatic N) is 1. The average Bonchev–Trinajstić information content (AvgIpc) is 2.46. The third-order valence-electron chi connectivity index (χ3n) is 3.38. The van der Waals surface area contributed by atoms with Crippen molar-refractivity contribution in [2.24, 2.45) is 5.73 Å². The lowest BCUT2D eigenvalue weighted by molar-refractivity contribution is -0.135. The molecule has 0 aromatic heterocycles. The molecule has 0 bridgehead atoms. The molecule has 0 radical (unpaired) electrons. The van der Waals surface area contributed by atoms with E-state index >= 15 is 0 Å². The molecule has 0 aliphatic carbocycles. The van der Waals surface area contributed by atoms with Gasteiger partial charge < -0.3 is 19.9 Å². The molecule has 1 aliphatic heterocycles. The normalized spacial score (nSPS) is 19.3. The third-order valence-corrected chi connectivity index (χ3v) is 3.60. The van der Waals surface area contributed by atoms with Crippen molar-refractivity contribution in [1.82, 2.24) is 4.90 Å². The van der Waals surface area contributed by atoms with Crippen LogP contribution in [-0.2, 0) is 16.1 Å². The van der Waals surface area contributed by atoms with E-state index in [1.165, 1.54) is 0 Å². The maximum atomic E-state index is 11.2. The van der Waals surface area contributed by atoms with Crippen LogP contribution in [0.2, 0.25) is 5.02 Å². The molecule has 2 N–H and O–H groups in total. The SMILES string of the molecule is COc1cc(Cl)cc(CN2CCOC(C(N)=O)C2)c1OC. The van der Waals surface area contributed by atoms with Crippen LogP contribution in [0.15, 0.2) is 12.1 Å². The number of nitrogens with two attached hydrogens (primary N) is 1. The molecule has 1 fully saturated rings. The van der Waals surface area contributed by atoms with Crippen molar-refractivity contribution in [2.45, 2.75) is 12.6 Å². The van der Waals surface area contributed by atoms with E-state index < -0.39 is 12.0 Å². The lowest BCUT2D eigenvalue weighted by Gasteiger charge is -2.31. The first-order valence-corrected chi connectivity index (χ1v) is 6.96. The van der Waals surface area contributed by atoms with E-state index in [1.807, 2.05) is 6.07 Å². The van der Waals surface area contributed by atoms with Crippen LogP contribution in [0.25, 0.3) is 0 Å². The number of morpholine rings is 1. The van der Waals surface area contributed by atoms with Gasteiger partial charge in [0, 0.05) is 36.3 Å². The molecule has 1 aliphatic rings. The topological polar surface area (TPSA) is 74.0 Å². The molecular weight excluding hydrogens is 296 g/mol. The van der Waals surface area contributed by atoms with Crippen LogP contribution in [0.3, 0.4) is 0 Å². The van der Waals surface area contributed by atoms with E-state index in [0.29, 0.717) is 42.8 Å². The van der Waals surface area contributed by atoms with Crippen molar-refractivity contribution in [3.05, 3.63) is 22.7 Å². The van der Waals surface area contributed by atoms with Crippen LogP contribution in [0.4, 0.5) is 0 Å². The fourth-order valence-electron chi connectivity index (χ4n) is 2.38. The fourth-order valence-corrected chi connectivity index (χ4v) is 2.61. The van der Waals surface area contributed by atoms with Crippen LogP contribution in [0, 0.1) is 0 Å². The second-order valence-corrected chi connectivity index (χ2v) is 5.23. The number of primary amides is 1. The summed E-state index contributed by atoms with van der Waals surface area (Å²) in [6.07, 6.45) is -0.578. The third kappa shape index (κ3) is 3.78. The van der Waals surface area contributed by atoms with Crippen molar-refractivity contribution in [1.29, 1.82) is 0 Å². The summed E-state index contributed by atoms with van der Waals surface area (Å²) in [6.45, 7) is 2.20. The molecule has 0 saturated carbocycles. The van der Waals surface area contributed by atoms with Gasteiger partial charge in [-0.1, -0.05) is 11.6 Å². The predicted molar refractivity (Wildman–Crippen MR) is 78.8 cm³/mol. The molecule has 0 spiro atoms. The summed E-state index contributed by atoms with van der Waals surface area (Å²) in [5, 5.41) is 0.572. The highest BCUT2D eigenvalue weighted by atomic mass is 35.5. The van der Waals surface area contributed by atoms with E-state index in [2.05, 4.69) is 4.90 Å². The highest BCUT2D eigenvalue weighted by molar-refractivity contribution is 6.30. The van der Waals surface area contributed by atoms with Crippen molar-refractivity contribution >= 4 is 17.5 Å². The Bertz CT molecular complexity index is 524. The number of amides is 1. The number of hydrogen-bond donors (Lipinski definition) is 1. The van der Waals surface area contributed by atoms with Crippen LogP contribution < -0.4 is 15.2 Å². The summed E-state index contributed by atoms with van der Waals surface area (Å²) in [7, 11) is 3.15. The van der Waals surface area contributed by atoms with Crippen molar-refractivity contribution in [3.8, 4) is 11.5 Å². The molecule has 1 aromatic carbocycles.